The molecular weight excluding hydrogens is 206 g/mol. The van der Waals surface area contributed by atoms with E-state index in [1.165, 1.54) is 31.2 Å². The van der Waals surface area contributed by atoms with Crippen LogP contribution in [0.15, 0.2) is 30.3 Å². The fourth-order valence-electron chi connectivity index (χ4n) is 2.63. The predicted molar refractivity (Wildman–Crippen MR) is 76.5 cm³/mol. The summed E-state index contributed by atoms with van der Waals surface area (Å²) in [5, 5.41) is 3.67. The van der Waals surface area contributed by atoms with Gasteiger partial charge in [-0.15, -0.1) is 0 Å². The maximum atomic E-state index is 3.67. The van der Waals surface area contributed by atoms with Gasteiger partial charge in [0.25, 0.3) is 0 Å². The molecule has 1 N–H and O–H groups in total. The quantitative estimate of drug-likeness (QED) is 0.704. The molecule has 1 aromatic carbocycles. The van der Waals surface area contributed by atoms with Crippen LogP contribution in [0.4, 0.5) is 0 Å². The third-order valence-corrected chi connectivity index (χ3v) is 3.38. The molecular formula is C16H27N. The second-order valence-corrected chi connectivity index (χ2v) is 4.76. The number of hydrogen-bond acceptors (Lipinski definition) is 1. The van der Waals surface area contributed by atoms with Crippen molar-refractivity contribution in [2.75, 3.05) is 6.54 Å². The Hall–Kier alpha value is -0.820. The van der Waals surface area contributed by atoms with Crippen molar-refractivity contribution in [1.29, 1.82) is 0 Å². The van der Waals surface area contributed by atoms with E-state index in [1.54, 1.807) is 0 Å². The fraction of sp³-hybridized carbons (Fsp3) is 0.625. The second-order valence-electron chi connectivity index (χ2n) is 4.76. The Balaban J connectivity index is 2.81. The smallest absolute Gasteiger partial charge is 0.0136 e. The number of nitrogens with one attached hydrogen (secondary N) is 1. The predicted octanol–water partition coefficient (Wildman–Crippen LogP) is 4.35. The number of likely N-dealkylation sites (N-methyl/N-ethyl adjacent to an activating group) is 1. The zero-order valence-corrected chi connectivity index (χ0v) is 11.6. The number of hydrogen-bond donors (Lipinski definition) is 1. The van der Waals surface area contributed by atoms with Crippen LogP contribution in [0.3, 0.4) is 0 Å². The van der Waals surface area contributed by atoms with Crippen molar-refractivity contribution >= 4 is 0 Å². The highest BCUT2D eigenvalue weighted by Gasteiger charge is 2.20. The zero-order chi connectivity index (χ0) is 12.5. The molecule has 0 saturated heterocycles. The minimum atomic E-state index is 0.632. The van der Waals surface area contributed by atoms with Crippen LogP contribution in [-0.2, 0) is 0 Å². The standard InChI is InChI=1S/C16H27N/c1-4-10-15(14-12-8-7-9-13-14)16(11-5-2)17-6-3/h7-9,12-13,15-17H,4-6,10-11H2,1-3H3. The molecule has 1 heteroatoms. The van der Waals surface area contributed by atoms with Crippen molar-refractivity contribution in [1.82, 2.24) is 5.32 Å². The monoisotopic (exact) mass is 233 g/mol. The summed E-state index contributed by atoms with van der Waals surface area (Å²) in [5.41, 5.74) is 1.49. The maximum absolute atomic E-state index is 3.67. The minimum Gasteiger partial charge on any atom is -0.314 e. The van der Waals surface area contributed by atoms with Gasteiger partial charge in [-0.1, -0.05) is 63.9 Å². The van der Waals surface area contributed by atoms with Crippen LogP contribution in [0.5, 0.6) is 0 Å². The summed E-state index contributed by atoms with van der Waals surface area (Å²) in [4.78, 5) is 0. The number of benzene rings is 1. The van der Waals surface area contributed by atoms with E-state index in [2.05, 4.69) is 56.4 Å². The average molecular weight is 233 g/mol. The van der Waals surface area contributed by atoms with Crippen molar-refractivity contribution < 1.29 is 0 Å². The summed E-state index contributed by atoms with van der Waals surface area (Å²) >= 11 is 0. The molecule has 0 heterocycles. The van der Waals surface area contributed by atoms with Crippen molar-refractivity contribution in [3.05, 3.63) is 35.9 Å². The van der Waals surface area contributed by atoms with Crippen molar-refractivity contribution in [3.8, 4) is 0 Å². The van der Waals surface area contributed by atoms with Gasteiger partial charge in [-0.2, -0.15) is 0 Å². The summed E-state index contributed by atoms with van der Waals surface area (Å²) in [6, 6.07) is 11.6. The SMILES string of the molecule is CCCC(NCC)C(CCC)c1ccccc1. The molecule has 96 valence electrons. The minimum absolute atomic E-state index is 0.632. The van der Waals surface area contributed by atoms with Crippen molar-refractivity contribution in [2.24, 2.45) is 0 Å². The van der Waals surface area contributed by atoms with E-state index in [1.807, 2.05) is 0 Å². The first-order valence-corrected chi connectivity index (χ1v) is 7.11. The van der Waals surface area contributed by atoms with Gasteiger partial charge < -0.3 is 5.32 Å². The van der Waals surface area contributed by atoms with Gasteiger partial charge in [0.1, 0.15) is 0 Å². The fourth-order valence-corrected chi connectivity index (χ4v) is 2.63. The molecule has 1 aromatic rings. The van der Waals surface area contributed by atoms with E-state index in [-0.39, 0.29) is 0 Å². The zero-order valence-electron chi connectivity index (χ0n) is 11.6. The Labute approximate surface area is 107 Å². The van der Waals surface area contributed by atoms with Gasteiger partial charge in [0.15, 0.2) is 0 Å². The molecule has 2 atom stereocenters. The molecule has 1 nitrogen and oxygen atoms in total. The van der Waals surface area contributed by atoms with E-state index < -0.39 is 0 Å². The Morgan fingerprint density at radius 2 is 1.59 bits per heavy atom. The Kier molecular flexibility index (Phi) is 6.95. The highest BCUT2D eigenvalue weighted by atomic mass is 14.9. The molecule has 0 amide bonds. The molecule has 0 aliphatic carbocycles. The lowest BCUT2D eigenvalue weighted by Gasteiger charge is -2.28. The molecule has 0 spiro atoms. The Bertz CT molecular complexity index is 275. The molecule has 0 aliphatic rings. The lowest BCUT2D eigenvalue weighted by molar-refractivity contribution is 0.393. The van der Waals surface area contributed by atoms with Crippen LogP contribution in [-0.4, -0.2) is 12.6 Å². The van der Waals surface area contributed by atoms with E-state index in [0.717, 1.165) is 6.54 Å². The third kappa shape index (κ3) is 4.51. The van der Waals surface area contributed by atoms with Crippen LogP contribution >= 0.6 is 0 Å². The van der Waals surface area contributed by atoms with Crippen LogP contribution in [0.2, 0.25) is 0 Å². The van der Waals surface area contributed by atoms with Crippen LogP contribution in [0.1, 0.15) is 57.9 Å². The van der Waals surface area contributed by atoms with Crippen LogP contribution in [0, 0.1) is 0 Å². The lowest BCUT2D eigenvalue weighted by Crippen LogP contribution is -2.34. The molecule has 0 bridgehead atoms. The van der Waals surface area contributed by atoms with E-state index in [4.69, 9.17) is 0 Å². The Morgan fingerprint density at radius 3 is 2.12 bits per heavy atom. The van der Waals surface area contributed by atoms with Crippen LogP contribution in [0.25, 0.3) is 0 Å². The van der Waals surface area contributed by atoms with Gasteiger partial charge in [-0.3, -0.25) is 0 Å². The normalized spacial score (nSPS) is 14.5. The topological polar surface area (TPSA) is 12.0 Å². The summed E-state index contributed by atoms with van der Waals surface area (Å²) in [6.07, 6.45) is 5.06. The first-order valence-electron chi connectivity index (χ1n) is 7.11. The molecule has 0 fully saturated rings. The summed E-state index contributed by atoms with van der Waals surface area (Å²) in [5.74, 6) is 0.668. The average Bonchev–Trinajstić information content (AvgIpc) is 2.37. The molecule has 0 radical (unpaired) electrons. The highest BCUT2D eigenvalue weighted by Crippen LogP contribution is 2.27. The number of rotatable bonds is 8. The molecule has 0 aromatic heterocycles. The van der Waals surface area contributed by atoms with Gasteiger partial charge in [0.2, 0.25) is 0 Å². The Morgan fingerprint density at radius 1 is 0.941 bits per heavy atom. The van der Waals surface area contributed by atoms with E-state index in [9.17, 15) is 0 Å². The summed E-state index contributed by atoms with van der Waals surface area (Å²) in [6.45, 7) is 7.83. The van der Waals surface area contributed by atoms with Gasteiger partial charge in [0, 0.05) is 6.04 Å². The first-order chi connectivity index (χ1) is 8.33. The lowest BCUT2D eigenvalue weighted by atomic mass is 9.85. The van der Waals surface area contributed by atoms with Gasteiger partial charge >= 0.3 is 0 Å². The third-order valence-electron chi connectivity index (χ3n) is 3.38. The molecule has 0 saturated carbocycles. The van der Waals surface area contributed by atoms with Gasteiger partial charge in [0.05, 0.1) is 0 Å². The summed E-state index contributed by atoms with van der Waals surface area (Å²) in [7, 11) is 0. The van der Waals surface area contributed by atoms with Gasteiger partial charge in [-0.25, -0.2) is 0 Å². The van der Waals surface area contributed by atoms with Gasteiger partial charge in [-0.05, 0) is 30.9 Å². The van der Waals surface area contributed by atoms with E-state index in [0.29, 0.717) is 12.0 Å². The second kappa shape index (κ2) is 8.30. The van der Waals surface area contributed by atoms with Crippen molar-refractivity contribution in [3.63, 3.8) is 0 Å². The molecule has 1 rings (SSSR count). The highest BCUT2D eigenvalue weighted by molar-refractivity contribution is 5.21. The van der Waals surface area contributed by atoms with E-state index >= 15 is 0 Å². The van der Waals surface area contributed by atoms with Crippen LogP contribution < -0.4 is 5.32 Å². The molecule has 2 unspecified atom stereocenters. The first kappa shape index (κ1) is 14.2. The maximum Gasteiger partial charge on any atom is 0.0136 e. The largest absolute Gasteiger partial charge is 0.314 e. The molecule has 17 heavy (non-hydrogen) atoms. The summed E-state index contributed by atoms with van der Waals surface area (Å²) < 4.78 is 0. The van der Waals surface area contributed by atoms with Crippen molar-refractivity contribution in [2.45, 2.75) is 58.4 Å². The molecule has 0 aliphatic heterocycles.